The van der Waals surface area contributed by atoms with Gasteiger partial charge in [0.1, 0.15) is 0 Å². The highest BCUT2D eigenvalue weighted by Crippen LogP contribution is 2.24. The van der Waals surface area contributed by atoms with Gasteiger partial charge in [0, 0.05) is 25.7 Å². The van der Waals surface area contributed by atoms with E-state index in [4.69, 9.17) is 4.74 Å². The Balaban J connectivity index is 1.96. The van der Waals surface area contributed by atoms with Crippen LogP contribution in [-0.2, 0) is 4.74 Å². The molecule has 94 valence electrons. The fourth-order valence-electron chi connectivity index (χ4n) is 3.02. The van der Waals surface area contributed by atoms with Crippen LogP contribution in [0.5, 0.6) is 0 Å². The van der Waals surface area contributed by atoms with Gasteiger partial charge in [-0.05, 0) is 26.2 Å². The van der Waals surface area contributed by atoms with Crippen LogP contribution in [0.25, 0.3) is 0 Å². The van der Waals surface area contributed by atoms with Gasteiger partial charge in [0.15, 0.2) is 0 Å². The lowest BCUT2D eigenvalue weighted by Crippen LogP contribution is -2.45. The molecule has 2 aliphatic rings. The van der Waals surface area contributed by atoms with Crippen molar-refractivity contribution < 1.29 is 9.84 Å². The predicted octanol–water partition coefficient (Wildman–Crippen LogP) is 1.79. The molecule has 3 nitrogen and oxygen atoms in total. The molecule has 0 radical (unpaired) electrons. The minimum atomic E-state index is -0.118. The number of ether oxygens (including phenoxy) is 1. The summed E-state index contributed by atoms with van der Waals surface area (Å²) in [6.45, 7) is 5.09. The summed E-state index contributed by atoms with van der Waals surface area (Å²) in [5, 5.41) is 10.2. The van der Waals surface area contributed by atoms with Crippen LogP contribution in [0.4, 0.5) is 0 Å². The maximum Gasteiger partial charge on any atom is 0.0695 e. The van der Waals surface area contributed by atoms with Crippen LogP contribution in [0.1, 0.15) is 45.4 Å². The van der Waals surface area contributed by atoms with Gasteiger partial charge in [-0.15, -0.1) is 0 Å². The Morgan fingerprint density at radius 3 is 2.81 bits per heavy atom. The smallest absolute Gasteiger partial charge is 0.0695 e. The molecule has 3 heteroatoms. The molecule has 1 aliphatic heterocycles. The molecule has 0 bridgehead atoms. The summed E-state index contributed by atoms with van der Waals surface area (Å²) in [5.41, 5.74) is 0. The molecular formula is C13H25NO2. The molecular weight excluding hydrogens is 202 g/mol. The van der Waals surface area contributed by atoms with Gasteiger partial charge in [-0.1, -0.05) is 19.3 Å². The molecule has 3 unspecified atom stereocenters. The molecule has 2 rings (SSSR count). The first-order valence-corrected chi connectivity index (χ1v) is 6.81. The molecule has 0 spiro atoms. The Morgan fingerprint density at radius 2 is 1.94 bits per heavy atom. The zero-order valence-electron chi connectivity index (χ0n) is 10.4. The average molecular weight is 227 g/mol. The molecule has 0 aromatic rings. The van der Waals surface area contributed by atoms with Crippen LogP contribution in [0.2, 0.25) is 0 Å². The summed E-state index contributed by atoms with van der Waals surface area (Å²) in [7, 11) is 0. The molecule has 0 amide bonds. The first-order chi connectivity index (χ1) is 7.77. The van der Waals surface area contributed by atoms with Crippen molar-refractivity contribution in [3.63, 3.8) is 0 Å². The maximum absolute atomic E-state index is 10.2. The number of rotatable bonds is 1. The lowest BCUT2D eigenvalue weighted by atomic mass is 10.0. The summed E-state index contributed by atoms with van der Waals surface area (Å²) in [4.78, 5) is 2.47. The van der Waals surface area contributed by atoms with E-state index >= 15 is 0 Å². The van der Waals surface area contributed by atoms with Crippen molar-refractivity contribution in [2.75, 3.05) is 19.7 Å². The third kappa shape index (κ3) is 3.19. The summed E-state index contributed by atoms with van der Waals surface area (Å²) in [6.07, 6.45) is 7.20. The second kappa shape index (κ2) is 5.99. The Bertz CT molecular complexity index is 210. The van der Waals surface area contributed by atoms with E-state index in [9.17, 15) is 5.11 Å². The van der Waals surface area contributed by atoms with E-state index in [-0.39, 0.29) is 6.10 Å². The molecule has 1 N–H and O–H groups in total. The van der Waals surface area contributed by atoms with Gasteiger partial charge in [0.2, 0.25) is 0 Å². The van der Waals surface area contributed by atoms with Crippen LogP contribution >= 0.6 is 0 Å². The predicted molar refractivity (Wildman–Crippen MR) is 64.5 cm³/mol. The van der Waals surface area contributed by atoms with Crippen LogP contribution in [0.15, 0.2) is 0 Å². The van der Waals surface area contributed by atoms with Crippen LogP contribution in [0.3, 0.4) is 0 Å². The third-order valence-electron chi connectivity index (χ3n) is 3.90. The average Bonchev–Trinajstić information content (AvgIpc) is 2.58. The minimum Gasteiger partial charge on any atom is -0.391 e. The molecule has 1 saturated carbocycles. The van der Waals surface area contributed by atoms with Gasteiger partial charge < -0.3 is 9.84 Å². The summed E-state index contributed by atoms with van der Waals surface area (Å²) >= 11 is 0. The Morgan fingerprint density at radius 1 is 1.12 bits per heavy atom. The van der Waals surface area contributed by atoms with E-state index in [0.717, 1.165) is 39.0 Å². The monoisotopic (exact) mass is 227 g/mol. The van der Waals surface area contributed by atoms with Crippen molar-refractivity contribution in [2.24, 2.45) is 0 Å². The molecule has 16 heavy (non-hydrogen) atoms. The molecule has 2 fully saturated rings. The van der Waals surface area contributed by atoms with Crippen molar-refractivity contribution >= 4 is 0 Å². The number of hydrogen-bond acceptors (Lipinski definition) is 3. The lowest BCUT2D eigenvalue weighted by molar-refractivity contribution is 0.0217. The van der Waals surface area contributed by atoms with Crippen LogP contribution < -0.4 is 0 Å². The van der Waals surface area contributed by atoms with Gasteiger partial charge in [0.25, 0.3) is 0 Å². The van der Waals surface area contributed by atoms with Crippen LogP contribution in [-0.4, -0.2) is 48.0 Å². The molecule has 1 saturated heterocycles. The quantitative estimate of drug-likeness (QED) is 0.693. The maximum atomic E-state index is 10.2. The van der Waals surface area contributed by atoms with Gasteiger partial charge >= 0.3 is 0 Å². The van der Waals surface area contributed by atoms with Crippen LogP contribution in [0, 0.1) is 0 Å². The zero-order valence-corrected chi connectivity index (χ0v) is 10.4. The van der Waals surface area contributed by atoms with E-state index in [1.54, 1.807) is 0 Å². The largest absolute Gasteiger partial charge is 0.391 e. The van der Waals surface area contributed by atoms with Crippen molar-refractivity contribution in [3.05, 3.63) is 0 Å². The highest BCUT2D eigenvalue weighted by atomic mass is 16.5. The molecule has 1 heterocycles. The Hall–Kier alpha value is -0.120. The van der Waals surface area contributed by atoms with E-state index in [1.807, 2.05) is 0 Å². The van der Waals surface area contributed by atoms with Gasteiger partial charge in [-0.3, -0.25) is 4.90 Å². The Labute approximate surface area is 98.8 Å². The number of aliphatic hydroxyl groups is 1. The van der Waals surface area contributed by atoms with Gasteiger partial charge in [-0.25, -0.2) is 0 Å². The fourth-order valence-corrected chi connectivity index (χ4v) is 3.02. The van der Waals surface area contributed by atoms with Gasteiger partial charge in [-0.2, -0.15) is 0 Å². The summed E-state index contributed by atoms with van der Waals surface area (Å²) < 4.78 is 5.67. The third-order valence-corrected chi connectivity index (χ3v) is 3.90. The van der Waals surface area contributed by atoms with Crippen molar-refractivity contribution in [2.45, 2.75) is 63.7 Å². The topological polar surface area (TPSA) is 32.7 Å². The van der Waals surface area contributed by atoms with E-state index in [2.05, 4.69) is 11.8 Å². The number of nitrogens with zero attached hydrogens (tertiary/aromatic N) is 1. The normalized spacial score (nSPS) is 39.0. The highest BCUT2D eigenvalue weighted by Gasteiger charge is 2.29. The first-order valence-electron chi connectivity index (χ1n) is 6.81. The van der Waals surface area contributed by atoms with E-state index in [0.29, 0.717) is 12.1 Å². The zero-order chi connectivity index (χ0) is 11.4. The standard InChI is InChI=1S/C13H25NO2/c1-11-10-14(8-5-9-16-11)12-6-3-2-4-7-13(12)15/h11-13,15H,2-10H2,1H3. The number of aliphatic hydroxyl groups excluding tert-OH is 1. The molecule has 1 aliphatic carbocycles. The Kier molecular flexibility index (Phi) is 4.62. The van der Waals surface area contributed by atoms with Crippen molar-refractivity contribution in [3.8, 4) is 0 Å². The molecule has 0 aromatic heterocycles. The van der Waals surface area contributed by atoms with E-state index < -0.39 is 0 Å². The minimum absolute atomic E-state index is 0.118. The molecule has 3 atom stereocenters. The molecule has 0 aromatic carbocycles. The first kappa shape index (κ1) is 12.3. The summed E-state index contributed by atoms with van der Waals surface area (Å²) in [5.74, 6) is 0. The second-order valence-corrected chi connectivity index (χ2v) is 5.30. The number of hydrogen-bond donors (Lipinski definition) is 1. The second-order valence-electron chi connectivity index (χ2n) is 5.30. The fraction of sp³-hybridized carbons (Fsp3) is 1.00. The lowest BCUT2D eigenvalue weighted by Gasteiger charge is -2.33. The van der Waals surface area contributed by atoms with E-state index in [1.165, 1.54) is 19.3 Å². The van der Waals surface area contributed by atoms with Crippen molar-refractivity contribution in [1.82, 2.24) is 4.90 Å². The SMILES string of the molecule is CC1CN(C2CCCCCC2O)CCCO1. The summed E-state index contributed by atoms with van der Waals surface area (Å²) in [6, 6.07) is 0.381. The highest BCUT2D eigenvalue weighted by molar-refractivity contribution is 4.83. The van der Waals surface area contributed by atoms with Gasteiger partial charge in [0.05, 0.1) is 12.2 Å². The van der Waals surface area contributed by atoms with Crippen molar-refractivity contribution in [1.29, 1.82) is 0 Å².